The van der Waals surface area contributed by atoms with Crippen molar-refractivity contribution in [3.05, 3.63) is 34.3 Å². The molecule has 116 valence electrons. The second-order valence-electron chi connectivity index (χ2n) is 6.10. The molecule has 1 saturated heterocycles. The van der Waals surface area contributed by atoms with Crippen LogP contribution in [-0.2, 0) is 6.42 Å². The minimum Gasteiger partial charge on any atom is -0.345 e. The predicted molar refractivity (Wildman–Crippen MR) is 88.0 cm³/mol. The maximum atomic E-state index is 11.9. The van der Waals surface area contributed by atoms with E-state index in [1.54, 1.807) is 19.0 Å². The third-order valence-corrected chi connectivity index (χ3v) is 4.52. The van der Waals surface area contributed by atoms with E-state index in [9.17, 15) is 4.79 Å². The summed E-state index contributed by atoms with van der Waals surface area (Å²) in [6.07, 6.45) is 6.13. The van der Waals surface area contributed by atoms with Gasteiger partial charge in [0.1, 0.15) is 0 Å². The maximum Gasteiger partial charge on any atom is 0.254 e. The molecule has 0 aliphatic carbocycles. The molecular formula is C17H25ClN2O. The number of nitrogens with one attached hydrogen (secondary N) is 1. The zero-order valence-corrected chi connectivity index (χ0v) is 13.7. The third-order valence-electron chi connectivity index (χ3n) is 4.21. The summed E-state index contributed by atoms with van der Waals surface area (Å²) in [5, 5.41) is 3.97. The van der Waals surface area contributed by atoms with Crippen molar-refractivity contribution < 1.29 is 4.79 Å². The van der Waals surface area contributed by atoms with E-state index < -0.39 is 0 Å². The summed E-state index contributed by atoms with van der Waals surface area (Å²) in [4.78, 5) is 13.5. The van der Waals surface area contributed by atoms with Crippen LogP contribution in [0.3, 0.4) is 0 Å². The maximum absolute atomic E-state index is 11.9. The van der Waals surface area contributed by atoms with Crippen LogP contribution in [-0.4, -0.2) is 38.0 Å². The van der Waals surface area contributed by atoms with Crippen LogP contribution in [0.25, 0.3) is 0 Å². The van der Waals surface area contributed by atoms with Crippen molar-refractivity contribution in [2.45, 2.75) is 32.1 Å². The molecule has 1 aliphatic rings. The Labute approximate surface area is 132 Å². The normalized spacial score (nSPS) is 16.0. The molecule has 0 radical (unpaired) electrons. The van der Waals surface area contributed by atoms with Gasteiger partial charge in [-0.3, -0.25) is 4.79 Å². The second kappa shape index (κ2) is 7.81. The summed E-state index contributed by atoms with van der Waals surface area (Å²) in [6, 6.07) is 5.83. The van der Waals surface area contributed by atoms with E-state index in [0.717, 1.165) is 25.4 Å². The molecule has 4 heteroatoms. The summed E-state index contributed by atoms with van der Waals surface area (Å²) >= 11 is 6.24. The van der Waals surface area contributed by atoms with Gasteiger partial charge in [-0.05, 0) is 62.4 Å². The molecule has 1 aliphatic heterocycles. The van der Waals surface area contributed by atoms with E-state index in [-0.39, 0.29) is 5.91 Å². The van der Waals surface area contributed by atoms with Crippen molar-refractivity contribution in [2.24, 2.45) is 5.92 Å². The Balaban J connectivity index is 1.86. The van der Waals surface area contributed by atoms with Crippen molar-refractivity contribution in [3.63, 3.8) is 0 Å². The Morgan fingerprint density at radius 2 is 2.05 bits per heavy atom. The van der Waals surface area contributed by atoms with Gasteiger partial charge < -0.3 is 10.2 Å². The van der Waals surface area contributed by atoms with Gasteiger partial charge in [0.15, 0.2) is 0 Å². The first kappa shape index (κ1) is 16.3. The molecule has 1 aromatic carbocycles. The SMILES string of the molecule is CN(C)C(=O)c1ccc(CCCC2CCNCC2)cc1Cl. The molecule has 3 nitrogen and oxygen atoms in total. The van der Waals surface area contributed by atoms with Crippen LogP contribution in [0.4, 0.5) is 0 Å². The number of carbonyl (C=O) groups is 1. The molecule has 0 atom stereocenters. The highest BCUT2D eigenvalue weighted by Gasteiger charge is 2.14. The number of aryl methyl sites for hydroxylation is 1. The first-order valence-electron chi connectivity index (χ1n) is 7.78. The van der Waals surface area contributed by atoms with Crippen LogP contribution in [0.15, 0.2) is 18.2 Å². The molecular weight excluding hydrogens is 284 g/mol. The highest BCUT2D eigenvalue weighted by Crippen LogP contribution is 2.22. The number of hydrogen-bond donors (Lipinski definition) is 1. The number of rotatable bonds is 5. The van der Waals surface area contributed by atoms with Crippen LogP contribution in [0.2, 0.25) is 5.02 Å². The average Bonchev–Trinajstić information content (AvgIpc) is 2.48. The molecule has 0 bridgehead atoms. The topological polar surface area (TPSA) is 32.3 Å². The van der Waals surface area contributed by atoms with Gasteiger partial charge in [-0.15, -0.1) is 0 Å². The fraction of sp³-hybridized carbons (Fsp3) is 0.588. The number of nitrogens with zero attached hydrogens (tertiary/aromatic N) is 1. The molecule has 21 heavy (non-hydrogen) atoms. The smallest absolute Gasteiger partial charge is 0.254 e. The monoisotopic (exact) mass is 308 g/mol. The molecule has 0 aromatic heterocycles. The second-order valence-corrected chi connectivity index (χ2v) is 6.51. The highest BCUT2D eigenvalue weighted by molar-refractivity contribution is 6.33. The molecule has 1 heterocycles. The average molecular weight is 309 g/mol. The number of carbonyl (C=O) groups excluding carboxylic acids is 1. The van der Waals surface area contributed by atoms with E-state index in [0.29, 0.717) is 10.6 Å². The van der Waals surface area contributed by atoms with Crippen molar-refractivity contribution in [1.29, 1.82) is 0 Å². The molecule has 1 N–H and O–H groups in total. The van der Waals surface area contributed by atoms with E-state index in [1.807, 2.05) is 18.2 Å². The first-order valence-corrected chi connectivity index (χ1v) is 8.16. The number of piperidine rings is 1. The minimum atomic E-state index is -0.0405. The first-order chi connectivity index (χ1) is 10.1. The van der Waals surface area contributed by atoms with Gasteiger partial charge in [-0.25, -0.2) is 0 Å². The van der Waals surface area contributed by atoms with E-state index in [2.05, 4.69) is 5.32 Å². The molecule has 0 unspecified atom stereocenters. The van der Waals surface area contributed by atoms with Crippen molar-refractivity contribution in [1.82, 2.24) is 10.2 Å². The minimum absolute atomic E-state index is 0.0405. The predicted octanol–water partition coefficient (Wildman–Crippen LogP) is 3.36. The van der Waals surface area contributed by atoms with Gasteiger partial charge in [0.25, 0.3) is 5.91 Å². The van der Waals surface area contributed by atoms with Gasteiger partial charge in [-0.2, -0.15) is 0 Å². The van der Waals surface area contributed by atoms with E-state index in [4.69, 9.17) is 11.6 Å². The largest absolute Gasteiger partial charge is 0.345 e. The van der Waals surface area contributed by atoms with Crippen molar-refractivity contribution in [3.8, 4) is 0 Å². The molecule has 0 spiro atoms. The molecule has 2 rings (SSSR count). The fourth-order valence-electron chi connectivity index (χ4n) is 2.89. The van der Waals surface area contributed by atoms with Crippen LogP contribution in [0.5, 0.6) is 0 Å². The third kappa shape index (κ3) is 4.72. The van der Waals surface area contributed by atoms with Crippen LogP contribution in [0, 0.1) is 5.92 Å². The number of hydrogen-bond acceptors (Lipinski definition) is 2. The Morgan fingerprint density at radius 1 is 1.33 bits per heavy atom. The zero-order chi connectivity index (χ0) is 15.2. The number of benzene rings is 1. The van der Waals surface area contributed by atoms with Crippen molar-refractivity contribution in [2.75, 3.05) is 27.2 Å². The van der Waals surface area contributed by atoms with Gasteiger partial charge >= 0.3 is 0 Å². The molecule has 0 saturated carbocycles. The van der Waals surface area contributed by atoms with Crippen LogP contribution < -0.4 is 5.32 Å². The lowest BCUT2D eigenvalue weighted by molar-refractivity contribution is 0.0828. The summed E-state index contributed by atoms with van der Waals surface area (Å²) in [5.41, 5.74) is 1.81. The van der Waals surface area contributed by atoms with Gasteiger partial charge in [0.2, 0.25) is 0 Å². The Bertz CT molecular complexity index is 482. The Hall–Kier alpha value is -1.06. The number of halogens is 1. The van der Waals surface area contributed by atoms with E-state index >= 15 is 0 Å². The standard InChI is InChI=1S/C17H25ClN2O/c1-20(2)17(21)15-7-6-14(12-16(15)18)5-3-4-13-8-10-19-11-9-13/h6-7,12-13,19H,3-5,8-11H2,1-2H3. The lowest BCUT2D eigenvalue weighted by Crippen LogP contribution is -2.27. The van der Waals surface area contributed by atoms with Gasteiger partial charge in [0.05, 0.1) is 10.6 Å². The summed E-state index contributed by atoms with van der Waals surface area (Å²) in [6.45, 7) is 2.33. The van der Waals surface area contributed by atoms with Crippen LogP contribution in [0.1, 0.15) is 41.6 Å². The molecule has 1 amide bonds. The Kier molecular flexibility index (Phi) is 6.07. The van der Waals surface area contributed by atoms with Crippen LogP contribution >= 0.6 is 11.6 Å². The summed E-state index contributed by atoms with van der Waals surface area (Å²) in [5.74, 6) is 0.831. The van der Waals surface area contributed by atoms with E-state index in [1.165, 1.54) is 31.2 Å². The quantitative estimate of drug-likeness (QED) is 0.904. The zero-order valence-electron chi connectivity index (χ0n) is 13.0. The molecule has 1 aromatic rings. The lowest BCUT2D eigenvalue weighted by Gasteiger charge is -2.22. The Morgan fingerprint density at radius 3 is 2.67 bits per heavy atom. The highest BCUT2D eigenvalue weighted by atomic mass is 35.5. The fourth-order valence-corrected chi connectivity index (χ4v) is 3.18. The lowest BCUT2D eigenvalue weighted by atomic mass is 9.91. The van der Waals surface area contributed by atoms with Gasteiger partial charge in [0, 0.05) is 14.1 Å². The molecule has 1 fully saturated rings. The van der Waals surface area contributed by atoms with Gasteiger partial charge in [-0.1, -0.05) is 24.1 Å². The summed E-state index contributed by atoms with van der Waals surface area (Å²) < 4.78 is 0. The van der Waals surface area contributed by atoms with Crippen molar-refractivity contribution >= 4 is 17.5 Å². The summed E-state index contributed by atoms with van der Waals surface area (Å²) in [7, 11) is 3.48. The number of amides is 1.